The van der Waals surface area contributed by atoms with E-state index in [1.165, 1.54) is 44.9 Å². The Morgan fingerprint density at radius 2 is 1.61 bits per heavy atom. The van der Waals surface area contributed by atoms with E-state index in [-0.39, 0.29) is 0 Å². The van der Waals surface area contributed by atoms with E-state index in [0.717, 1.165) is 25.1 Å². The summed E-state index contributed by atoms with van der Waals surface area (Å²) in [4.78, 5) is 0. The Bertz CT molecular complexity index is 320. The quantitative estimate of drug-likeness (QED) is 0.648. The van der Waals surface area contributed by atoms with Crippen molar-refractivity contribution in [3.63, 3.8) is 0 Å². The summed E-state index contributed by atoms with van der Waals surface area (Å²) < 4.78 is 1.99. The van der Waals surface area contributed by atoms with Gasteiger partial charge in [-0.1, -0.05) is 64.0 Å². The minimum absolute atomic E-state index is 0.611. The molecule has 4 heteroatoms. The molecule has 18 heavy (non-hydrogen) atoms. The van der Waals surface area contributed by atoms with Crippen LogP contribution in [0, 0.1) is 0 Å². The van der Waals surface area contributed by atoms with E-state index in [9.17, 15) is 0 Å². The van der Waals surface area contributed by atoms with E-state index in [0.29, 0.717) is 5.82 Å². The molecule has 0 atom stereocenters. The minimum atomic E-state index is 0.611. The van der Waals surface area contributed by atoms with Crippen LogP contribution in [0.4, 0.5) is 5.82 Å². The zero-order valence-electron chi connectivity index (χ0n) is 12.0. The highest BCUT2D eigenvalue weighted by molar-refractivity contribution is 5.32. The Morgan fingerprint density at radius 1 is 0.944 bits per heavy atom. The zero-order chi connectivity index (χ0) is 13.2. The van der Waals surface area contributed by atoms with Gasteiger partial charge in [0.25, 0.3) is 0 Å². The van der Waals surface area contributed by atoms with Gasteiger partial charge in [0.1, 0.15) is 0 Å². The molecule has 0 spiro atoms. The lowest BCUT2D eigenvalue weighted by Crippen LogP contribution is -2.06. The van der Waals surface area contributed by atoms with Crippen LogP contribution in [0.15, 0.2) is 0 Å². The second-order valence-electron chi connectivity index (χ2n) is 5.02. The van der Waals surface area contributed by atoms with Crippen molar-refractivity contribution in [2.75, 3.05) is 5.73 Å². The molecule has 1 heterocycles. The maximum absolute atomic E-state index is 5.82. The van der Waals surface area contributed by atoms with E-state index in [4.69, 9.17) is 5.73 Å². The predicted molar refractivity (Wildman–Crippen MR) is 76.4 cm³/mol. The van der Waals surface area contributed by atoms with E-state index in [1.807, 2.05) is 4.68 Å². The minimum Gasteiger partial charge on any atom is -0.381 e. The highest BCUT2D eigenvalue weighted by atomic mass is 15.4. The lowest BCUT2D eigenvalue weighted by molar-refractivity contribution is 0.499. The molecule has 1 rings (SSSR count). The molecule has 0 saturated carbocycles. The van der Waals surface area contributed by atoms with E-state index >= 15 is 0 Å². The van der Waals surface area contributed by atoms with Crippen molar-refractivity contribution in [2.24, 2.45) is 0 Å². The van der Waals surface area contributed by atoms with Crippen molar-refractivity contribution in [3.8, 4) is 0 Å². The van der Waals surface area contributed by atoms with Crippen LogP contribution < -0.4 is 5.73 Å². The molecule has 0 fully saturated rings. The van der Waals surface area contributed by atoms with Gasteiger partial charge in [-0.3, -0.25) is 0 Å². The number of nitrogens with two attached hydrogens (primary N) is 1. The molecule has 0 aromatic carbocycles. The number of aromatic nitrogens is 3. The van der Waals surface area contributed by atoms with Crippen molar-refractivity contribution in [1.29, 1.82) is 0 Å². The van der Waals surface area contributed by atoms with Gasteiger partial charge < -0.3 is 5.73 Å². The van der Waals surface area contributed by atoms with Gasteiger partial charge >= 0.3 is 0 Å². The van der Waals surface area contributed by atoms with Crippen LogP contribution in [0.3, 0.4) is 0 Å². The molecule has 0 amide bonds. The van der Waals surface area contributed by atoms with E-state index in [1.54, 1.807) is 0 Å². The summed E-state index contributed by atoms with van der Waals surface area (Å²) in [6.07, 6.45) is 11.3. The smallest absolute Gasteiger partial charge is 0.169 e. The first kappa shape index (κ1) is 15.0. The average molecular weight is 252 g/mol. The summed E-state index contributed by atoms with van der Waals surface area (Å²) in [7, 11) is 0. The van der Waals surface area contributed by atoms with Crippen LogP contribution in [0.2, 0.25) is 0 Å². The molecular formula is C14H28N4. The first-order chi connectivity index (χ1) is 8.79. The number of aryl methyl sites for hydroxylation is 1. The van der Waals surface area contributed by atoms with Gasteiger partial charge in [-0.15, -0.1) is 5.10 Å². The van der Waals surface area contributed by atoms with Gasteiger partial charge in [0.2, 0.25) is 0 Å². The number of anilines is 1. The molecule has 4 nitrogen and oxygen atoms in total. The molecule has 104 valence electrons. The largest absolute Gasteiger partial charge is 0.381 e. The van der Waals surface area contributed by atoms with Crippen LogP contribution in [-0.4, -0.2) is 15.0 Å². The molecule has 0 aliphatic heterocycles. The van der Waals surface area contributed by atoms with Crippen LogP contribution in [-0.2, 0) is 13.0 Å². The zero-order valence-corrected chi connectivity index (χ0v) is 12.0. The Balaban J connectivity index is 2.18. The third-order valence-corrected chi connectivity index (χ3v) is 3.33. The number of hydrogen-bond acceptors (Lipinski definition) is 3. The Labute approximate surface area is 111 Å². The van der Waals surface area contributed by atoms with E-state index in [2.05, 4.69) is 24.2 Å². The number of nitrogens with zero attached hydrogens (tertiary/aromatic N) is 3. The predicted octanol–water partition coefficient (Wildman–Crippen LogP) is 3.56. The molecule has 0 radical (unpaired) electrons. The van der Waals surface area contributed by atoms with Gasteiger partial charge in [0, 0.05) is 6.54 Å². The fourth-order valence-corrected chi connectivity index (χ4v) is 2.24. The molecule has 2 N–H and O–H groups in total. The third-order valence-electron chi connectivity index (χ3n) is 3.33. The molecule has 1 aromatic rings. The summed E-state index contributed by atoms with van der Waals surface area (Å²) in [5.41, 5.74) is 6.93. The molecule has 0 aliphatic rings. The third kappa shape index (κ3) is 5.07. The second-order valence-corrected chi connectivity index (χ2v) is 5.02. The first-order valence-electron chi connectivity index (χ1n) is 7.47. The lowest BCUT2D eigenvalue weighted by atomic mass is 10.1. The van der Waals surface area contributed by atoms with Gasteiger partial charge in [-0.05, 0) is 12.8 Å². The first-order valence-corrected chi connectivity index (χ1v) is 7.47. The SMILES string of the molecule is CCCCCCCCCn1nnc(N)c1CCC. The topological polar surface area (TPSA) is 56.7 Å². The highest BCUT2D eigenvalue weighted by Gasteiger charge is 2.08. The van der Waals surface area contributed by atoms with Crippen LogP contribution >= 0.6 is 0 Å². The van der Waals surface area contributed by atoms with Gasteiger partial charge in [-0.25, -0.2) is 4.68 Å². The number of unbranched alkanes of at least 4 members (excludes halogenated alkanes) is 6. The monoisotopic (exact) mass is 252 g/mol. The maximum Gasteiger partial charge on any atom is 0.169 e. The van der Waals surface area contributed by atoms with Crippen molar-refractivity contribution in [3.05, 3.63) is 5.69 Å². The summed E-state index contributed by atoms with van der Waals surface area (Å²) >= 11 is 0. The van der Waals surface area contributed by atoms with Crippen molar-refractivity contribution < 1.29 is 0 Å². The molecule has 0 unspecified atom stereocenters. The standard InChI is InChI=1S/C14H28N4/c1-3-5-6-7-8-9-10-12-18-13(11-4-2)14(15)16-17-18/h3-12,15H2,1-2H3. The number of rotatable bonds is 10. The van der Waals surface area contributed by atoms with Crippen LogP contribution in [0.1, 0.15) is 70.9 Å². The fourth-order valence-electron chi connectivity index (χ4n) is 2.24. The molecule has 1 aromatic heterocycles. The van der Waals surface area contributed by atoms with Gasteiger partial charge in [0.05, 0.1) is 5.69 Å². The summed E-state index contributed by atoms with van der Waals surface area (Å²) in [5, 5.41) is 8.09. The molecule has 0 saturated heterocycles. The normalized spacial score (nSPS) is 11.0. The Morgan fingerprint density at radius 3 is 2.28 bits per heavy atom. The lowest BCUT2D eigenvalue weighted by Gasteiger charge is -2.05. The van der Waals surface area contributed by atoms with Crippen molar-refractivity contribution in [1.82, 2.24) is 15.0 Å². The summed E-state index contributed by atoms with van der Waals surface area (Å²) in [6, 6.07) is 0. The second kappa shape index (κ2) is 8.95. The fraction of sp³-hybridized carbons (Fsp3) is 0.857. The Kier molecular flexibility index (Phi) is 7.46. The average Bonchev–Trinajstić information content (AvgIpc) is 2.71. The van der Waals surface area contributed by atoms with Gasteiger partial charge in [0.15, 0.2) is 5.82 Å². The number of hydrogen-bond donors (Lipinski definition) is 1. The molecule has 0 bridgehead atoms. The number of nitrogen functional groups attached to an aromatic ring is 1. The van der Waals surface area contributed by atoms with Crippen LogP contribution in [0.5, 0.6) is 0 Å². The van der Waals surface area contributed by atoms with Gasteiger partial charge in [-0.2, -0.15) is 0 Å². The Hall–Kier alpha value is -1.06. The summed E-state index contributed by atoms with van der Waals surface area (Å²) in [5.74, 6) is 0.611. The molecular weight excluding hydrogens is 224 g/mol. The van der Waals surface area contributed by atoms with Crippen molar-refractivity contribution in [2.45, 2.75) is 78.2 Å². The molecule has 0 aliphatic carbocycles. The maximum atomic E-state index is 5.82. The summed E-state index contributed by atoms with van der Waals surface area (Å²) in [6.45, 7) is 5.38. The van der Waals surface area contributed by atoms with E-state index < -0.39 is 0 Å². The van der Waals surface area contributed by atoms with Crippen molar-refractivity contribution >= 4 is 5.82 Å². The highest BCUT2D eigenvalue weighted by Crippen LogP contribution is 2.12. The van der Waals surface area contributed by atoms with Crippen LogP contribution in [0.25, 0.3) is 0 Å².